The number of benzene rings is 1. The van der Waals surface area contributed by atoms with Crippen molar-refractivity contribution in [1.29, 1.82) is 0 Å². The highest BCUT2D eigenvalue weighted by atomic mass is 35.5. The average Bonchev–Trinajstić information content (AvgIpc) is 2.48. The normalized spacial score (nSPS) is 14.2. The summed E-state index contributed by atoms with van der Waals surface area (Å²) in [7, 11) is 0. The number of aryl methyl sites for hydroxylation is 2. The first-order valence-corrected chi connectivity index (χ1v) is 7.12. The summed E-state index contributed by atoms with van der Waals surface area (Å²) in [4.78, 5) is 16.9. The summed E-state index contributed by atoms with van der Waals surface area (Å²) in [5.41, 5.74) is 6.67. The molecule has 0 saturated carbocycles. The van der Waals surface area contributed by atoms with Gasteiger partial charge in [0.2, 0.25) is 0 Å². The molecule has 1 heterocycles. The van der Waals surface area contributed by atoms with Gasteiger partial charge < -0.3 is 0 Å². The number of nitrogen functional groups attached to an aromatic ring is 1. The molecule has 4 nitrogen and oxygen atoms in total. The van der Waals surface area contributed by atoms with Crippen LogP contribution in [0, 0.1) is 6.92 Å². The zero-order valence-corrected chi connectivity index (χ0v) is 12.0. The molecule has 20 heavy (non-hydrogen) atoms. The van der Waals surface area contributed by atoms with E-state index in [1.807, 2.05) is 19.1 Å². The molecule has 0 radical (unpaired) electrons. The van der Waals surface area contributed by atoms with E-state index in [9.17, 15) is 4.79 Å². The molecule has 104 valence electrons. The number of nitrogens with two attached hydrogens (primary N) is 1. The largest absolute Gasteiger partial charge is 0.290 e. The number of nitrogens with one attached hydrogen (secondary N) is 1. The van der Waals surface area contributed by atoms with Crippen LogP contribution >= 0.6 is 11.6 Å². The number of nitrogens with zero attached hydrogens (tertiary/aromatic N) is 1. The molecule has 0 spiro atoms. The summed E-state index contributed by atoms with van der Waals surface area (Å²) in [6, 6.07) is 3.67. The van der Waals surface area contributed by atoms with Crippen LogP contribution in [0.1, 0.15) is 40.0 Å². The van der Waals surface area contributed by atoms with Gasteiger partial charge in [0.05, 0.1) is 11.1 Å². The Bertz CT molecular complexity index is 712. The maximum atomic E-state index is 12.2. The Kier molecular flexibility index (Phi) is 3.36. The zero-order valence-electron chi connectivity index (χ0n) is 11.3. The SMILES string of the molecule is Cc1c(Cl)ccc2c(C(=O)NN)c3c(nc12)CCCC3. The first-order valence-electron chi connectivity index (χ1n) is 6.75. The lowest BCUT2D eigenvalue weighted by Crippen LogP contribution is -2.32. The fourth-order valence-electron chi connectivity index (χ4n) is 2.93. The smallest absolute Gasteiger partial charge is 0.266 e. The molecule has 1 aliphatic carbocycles. The number of pyridine rings is 1. The van der Waals surface area contributed by atoms with Gasteiger partial charge in [0, 0.05) is 16.1 Å². The van der Waals surface area contributed by atoms with Crippen molar-refractivity contribution in [2.75, 3.05) is 0 Å². The van der Waals surface area contributed by atoms with E-state index in [0.29, 0.717) is 10.6 Å². The van der Waals surface area contributed by atoms with Gasteiger partial charge in [-0.2, -0.15) is 0 Å². The number of hydrazine groups is 1. The monoisotopic (exact) mass is 289 g/mol. The highest BCUT2D eigenvalue weighted by Gasteiger charge is 2.23. The van der Waals surface area contributed by atoms with Crippen molar-refractivity contribution in [3.8, 4) is 0 Å². The average molecular weight is 290 g/mol. The molecule has 0 fully saturated rings. The molecule has 1 aromatic carbocycles. The van der Waals surface area contributed by atoms with Crippen LogP contribution in [0.15, 0.2) is 12.1 Å². The Morgan fingerprint density at radius 1 is 1.35 bits per heavy atom. The van der Waals surface area contributed by atoms with Gasteiger partial charge in [0.15, 0.2) is 0 Å². The van der Waals surface area contributed by atoms with Gasteiger partial charge in [0.25, 0.3) is 5.91 Å². The standard InChI is InChI=1S/C15H16ClN3O/c1-8-11(16)7-6-10-13(15(20)19-17)9-4-2-3-5-12(9)18-14(8)10/h6-7H,2-5,17H2,1H3,(H,19,20). The summed E-state index contributed by atoms with van der Waals surface area (Å²) in [6.07, 6.45) is 3.97. The molecule has 3 N–H and O–H groups in total. The quantitative estimate of drug-likeness (QED) is 0.482. The summed E-state index contributed by atoms with van der Waals surface area (Å²) < 4.78 is 0. The van der Waals surface area contributed by atoms with Crippen molar-refractivity contribution in [3.63, 3.8) is 0 Å². The second kappa shape index (κ2) is 5.04. The van der Waals surface area contributed by atoms with Crippen molar-refractivity contribution in [3.05, 3.63) is 39.5 Å². The Morgan fingerprint density at radius 3 is 2.85 bits per heavy atom. The molecule has 5 heteroatoms. The van der Waals surface area contributed by atoms with Gasteiger partial charge in [-0.1, -0.05) is 17.7 Å². The van der Waals surface area contributed by atoms with Gasteiger partial charge in [-0.15, -0.1) is 0 Å². The topological polar surface area (TPSA) is 68.0 Å². The number of hydrogen-bond donors (Lipinski definition) is 2. The second-order valence-corrected chi connectivity index (χ2v) is 5.57. The van der Waals surface area contributed by atoms with E-state index < -0.39 is 0 Å². The molecule has 3 rings (SSSR count). The Labute approximate surface area is 122 Å². The molecular formula is C15H16ClN3O. The molecule has 1 aliphatic rings. The minimum atomic E-state index is -0.253. The molecule has 0 saturated heterocycles. The van der Waals surface area contributed by atoms with E-state index in [2.05, 4.69) is 5.43 Å². The number of carbonyl (C=O) groups is 1. The van der Waals surface area contributed by atoms with Crippen molar-refractivity contribution < 1.29 is 4.79 Å². The van der Waals surface area contributed by atoms with Crippen molar-refractivity contribution in [2.24, 2.45) is 5.84 Å². The fourth-order valence-corrected chi connectivity index (χ4v) is 3.08. The summed E-state index contributed by atoms with van der Waals surface area (Å²) in [6.45, 7) is 1.93. The lowest BCUT2D eigenvalue weighted by Gasteiger charge is -2.20. The number of carbonyl (C=O) groups excluding carboxylic acids is 1. The molecule has 0 bridgehead atoms. The van der Waals surface area contributed by atoms with Gasteiger partial charge in [-0.3, -0.25) is 15.2 Å². The fraction of sp³-hybridized carbons (Fsp3) is 0.333. The van der Waals surface area contributed by atoms with Gasteiger partial charge in [-0.25, -0.2) is 5.84 Å². The third-order valence-electron chi connectivity index (χ3n) is 3.98. The highest BCUT2D eigenvalue weighted by Crippen LogP contribution is 2.32. The number of aromatic nitrogens is 1. The molecule has 0 atom stereocenters. The molecule has 0 unspecified atom stereocenters. The minimum absolute atomic E-state index is 0.253. The maximum absolute atomic E-state index is 12.2. The summed E-state index contributed by atoms with van der Waals surface area (Å²) in [5.74, 6) is 5.10. The lowest BCUT2D eigenvalue weighted by atomic mass is 9.89. The number of rotatable bonds is 1. The van der Waals surface area contributed by atoms with Crippen LogP contribution in [0.25, 0.3) is 10.9 Å². The minimum Gasteiger partial charge on any atom is -0.290 e. The predicted molar refractivity (Wildman–Crippen MR) is 79.8 cm³/mol. The second-order valence-electron chi connectivity index (χ2n) is 5.16. The molecule has 2 aromatic rings. The molecular weight excluding hydrogens is 274 g/mol. The van der Waals surface area contributed by atoms with E-state index in [4.69, 9.17) is 22.4 Å². The lowest BCUT2D eigenvalue weighted by molar-refractivity contribution is 0.0954. The molecule has 1 amide bonds. The number of halogens is 1. The first kappa shape index (κ1) is 13.3. The first-order chi connectivity index (χ1) is 9.63. The van der Waals surface area contributed by atoms with Crippen LogP contribution in [0.5, 0.6) is 0 Å². The number of amides is 1. The number of fused-ring (bicyclic) bond motifs is 2. The van der Waals surface area contributed by atoms with Crippen LogP contribution in [0.4, 0.5) is 0 Å². The van der Waals surface area contributed by atoms with Gasteiger partial charge >= 0.3 is 0 Å². The van der Waals surface area contributed by atoms with Crippen molar-refractivity contribution >= 4 is 28.4 Å². The van der Waals surface area contributed by atoms with Crippen LogP contribution in [0.2, 0.25) is 5.02 Å². The van der Waals surface area contributed by atoms with Gasteiger partial charge in [-0.05, 0) is 49.8 Å². The zero-order chi connectivity index (χ0) is 14.3. The predicted octanol–water partition coefficient (Wildman–Crippen LogP) is 2.68. The molecule has 1 aromatic heterocycles. The van der Waals surface area contributed by atoms with E-state index >= 15 is 0 Å². The Morgan fingerprint density at radius 2 is 2.10 bits per heavy atom. The number of hydrogen-bond acceptors (Lipinski definition) is 3. The van der Waals surface area contributed by atoms with Crippen LogP contribution in [-0.4, -0.2) is 10.9 Å². The van der Waals surface area contributed by atoms with Crippen LogP contribution < -0.4 is 11.3 Å². The Hall–Kier alpha value is -1.65. The highest BCUT2D eigenvalue weighted by molar-refractivity contribution is 6.32. The third-order valence-corrected chi connectivity index (χ3v) is 4.39. The Balaban J connectivity index is 2.42. The van der Waals surface area contributed by atoms with Crippen molar-refractivity contribution in [2.45, 2.75) is 32.6 Å². The molecule has 0 aliphatic heterocycles. The van der Waals surface area contributed by atoms with E-state index in [0.717, 1.165) is 53.4 Å². The van der Waals surface area contributed by atoms with Gasteiger partial charge in [0.1, 0.15) is 0 Å². The van der Waals surface area contributed by atoms with E-state index in [1.54, 1.807) is 0 Å². The van der Waals surface area contributed by atoms with Crippen molar-refractivity contribution in [1.82, 2.24) is 10.4 Å². The third kappa shape index (κ3) is 1.96. The van der Waals surface area contributed by atoms with E-state index in [-0.39, 0.29) is 5.91 Å². The van der Waals surface area contributed by atoms with Crippen LogP contribution in [0.3, 0.4) is 0 Å². The van der Waals surface area contributed by atoms with Crippen LogP contribution in [-0.2, 0) is 12.8 Å². The summed E-state index contributed by atoms with van der Waals surface area (Å²) >= 11 is 6.17. The van der Waals surface area contributed by atoms with E-state index in [1.165, 1.54) is 0 Å². The summed E-state index contributed by atoms with van der Waals surface area (Å²) in [5, 5.41) is 1.50. The maximum Gasteiger partial charge on any atom is 0.266 e.